The van der Waals surface area contributed by atoms with E-state index in [0.717, 1.165) is 0 Å². The second-order valence-corrected chi connectivity index (χ2v) is 3.38. The number of hydrogen-bond donors (Lipinski definition) is 1. The topological polar surface area (TPSA) is 20.2 Å². The number of phenols is 1. The molecule has 0 aliphatic rings. The zero-order chi connectivity index (χ0) is 15.2. The summed E-state index contributed by atoms with van der Waals surface area (Å²) in [7, 11) is 0. The number of rotatable bonds is 0. The predicted octanol–water partition coefficient (Wildman–Crippen LogP) is 4.45. The third-order valence-corrected chi connectivity index (χ3v) is 2.06. The Bertz CT molecular complexity index is 480. The van der Waals surface area contributed by atoms with E-state index < -0.39 is 41.0 Å². The molecule has 0 spiro atoms. The lowest BCUT2D eigenvalue weighted by atomic mass is 9.98. The van der Waals surface area contributed by atoms with Crippen LogP contribution in [-0.4, -0.2) is 5.11 Å². The summed E-state index contributed by atoms with van der Waals surface area (Å²) in [6.07, 6.45) is -17.3. The van der Waals surface area contributed by atoms with Crippen molar-refractivity contribution in [2.24, 2.45) is 0 Å². The summed E-state index contributed by atoms with van der Waals surface area (Å²) < 4.78 is 111. The highest BCUT2D eigenvalue weighted by molar-refractivity contribution is 5.48. The molecule has 1 aromatic rings. The summed E-state index contributed by atoms with van der Waals surface area (Å²) >= 11 is 0. The van der Waals surface area contributed by atoms with Crippen LogP contribution in [0.2, 0.25) is 0 Å². The van der Waals surface area contributed by atoms with Crippen LogP contribution in [0.25, 0.3) is 0 Å². The number of halogens is 9. The second kappa shape index (κ2) is 4.20. The molecule has 1 rings (SSSR count). The smallest absolute Gasteiger partial charge is 0.420 e. The van der Waals surface area contributed by atoms with Gasteiger partial charge in [-0.15, -0.1) is 0 Å². The Hall–Kier alpha value is -1.61. The third-order valence-electron chi connectivity index (χ3n) is 2.06. The largest absolute Gasteiger partial charge is 0.507 e. The first-order valence-electron chi connectivity index (χ1n) is 4.34. The van der Waals surface area contributed by atoms with Crippen LogP contribution < -0.4 is 0 Å². The number of hydrogen-bond acceptors (Lipinski definition) is 1. The lowest BCUT2D eigenvalue weighted by Crippen LogP contribution is -2.23. The summed E-state index contributed by atoms with van der Waals surface area (Å²) in [6.45, 7) is 0. The van der Waals surface area contributed by atoms with Gasteiger partial charge < -0.3 is 5.11 Å². The minimum absolute atomic E-state index is 0.0825. The van der Waals surface area contributed by atoms with Crippen molar-refractivity contribution in [3.8, 4) is 5.75 Å². The molecule has 1 N–H and O–H groups in total. The van der Waals surface area contributed by atoms with Crippen LogP contribution in [0.15, 0.2) is 12.1 Å². The minimum Gasteiger partial charge on any atom is -0.507 e. The molecule has 0 saturated heterocycles. The Balaban J connectivity index is 3.82. The van der Waals surface area contributed by atoms with Gasteiger partial charge in [-0.25, -0.2) is 0 Å². The molecule has 0 aliphatic carbocycles. The molecule has 0 unspecified atom stereocenters. The van der Waals surface area contributed by atoms with Crippen LogP contribution in [0.3, 0.4) is 0 Å². The Kier molecular flexibility index (Phi) is 3.42. The van der Waals surface area contributed by atoms with Crippen molar-refractivity contribution in [2.45, 2.75) is 18.5 Å². The molecule has 0 aromatic heterocycles. The minimum atomic E-state index is -5.92. The van der Waals surface area contributed by atoms with E-state index in [4.69, 9.17) is 5.11 Å². The monoisotopic (exact) mass is 298 g/mol. The molecule has 1 nitrogen and oxygen atoms in total. The maximum Gasteiger partial charge on any atom is 0.420 e. The van der Waals surface area contributed by atoms with E-state index in [1.807, 2.05) is 0 Å². The van der Waals surface area contributed by atoms with Crippen LogP contribution in [0.4, 0.5) is 39.5 Å². The van der Waals surface area contributed by atoms with Crippen molar-refractivity contribution in [1.82, 2.24) is 0 Å². The zero-order valence-electron chi connectivity index (χ0n) is 8.50. The lowest BCUT2D eigenvalue weighted by Gasteiger charge is -2.21. The molecule has 108 valence electrons. The fourth-order valence-corrected chi connectivity index (χ4v) is 1.41. The van der Waals surface area contributed by atoms with Crippen LogP contribution in [0, 0.1) is 0 Å². The number of alkyl halides is 9. The normalized spacial score (nSPS) is 13.7. The first-order valence-corrected chi connectivity index (χ1v) is 4.34. The summed E-state index contributed by atoms with van der Waals surface area (Å²) in [5.74, 6) is -1.92. The van der Waals surface area contributed by atoms with Crippen molar-refractivity contribution in [2.75, 3.05) is 0 Å². The maximum atomic E-state index is 12.4. The summed E-state index contributed by atoms with van der Waals surface area (Å²) in [4.78, 5) is 0. The maximum absolute atomic E-state index is 12.4. The van der Waals surface area contributed by atoms with Crippen LogP contribution in [-0.2, 0) is 18.5 Å². The van der Waals surface area contributed by atoms with Gasteiger partial charge in [0.05, 0.1) is 11.1 Å². The average Bonchev–Trinajstić information content (AvgIpc) is 2.11. The number of aromatic hydroxyl groups is 1. The van der Waals surface area contributed by atoms with E-state index in [1.54, 1.807) is 0 Å². The molecule has 0 amide bonds. The van der Waals surface area contributed by atoms with E-state index in [-0.39, 0.29) is 12.1 Å². The van der Waals surface area contributed by atoms with Crippen molar-refractivity contribution >= 4 is 0 Å². The van der Waals surface area contributed by atoms with E-state index in [1.165, 1.54) is 0 Å². The van der Waals surface area contributed by atoms with Gasteiger partial charge in [0.25, 0.3) is 0 Å². The number of phenolic OH excluding ortho intramolecular Hbond substituents is 1. The van der Waals surface area contributed by atoms with Crippen molar-refractivity contribution in [3.63, 3.8) is 0 Å². The quantitative estimate of drug-likeness (QED) is 0.702. The van der Waals surface area contributed by atoms with E-state index in [2.05, 4.69) is 0 Å². The highest BCUT2D eigenvalue weighted by atomic mass is 19.4. The molecule has 0 aliphatic heterocycles. The third kappa shape index (κ3) is 3.04. The lowest BCUT2D eigenvalue weighted by molar-refractivity contribution is -0.175. The fourth-order valence-electron chi connectivity index (χ4n) is 1.41. The summed E-state index contributed by atoms with van der Waals surface area (Å²) in [6, 6.07) is -0.339. The molecular weight excluding hydrogens is 295 g/mol. The van der Waals surface area contributed by atoms with Gasteiger partial charge in [0.1, 0.15) is 11.3 Å². The molecule has 0 saturated carbocycles. The molecule has 10 heteroatoms. The van der Waals surface area contributed by atoms with Crippen molar-refractivity contribution < 1.29 is 44.6 Å². The summed E-state index contributed by atoms with van der Waals surface area (Å²) in [5.41, 5.74) is -8.22. The van der Waals surface area contributed by atoms with Gasteiger partial charge in [-0.1, -0.05) is 0 Å². The highest BCUT2D eigenvalue weighted by Crippen LogP contribution is 2.49. The second-order valence-electron chi connectivity index (χ2n) is 3.38. The molecular formula is C9H3F9O. The van der Waals surface area contributed by atoms with Gasteiger partial charge in [-0.2, -0.15) is 39.5 Å². The van der Waals surface area contributed by atoms with E-state index in [0.29, 0.717) is 0 Å². The SMILES string of the molecule is Oc1ccc(C(F)(F)F)c(C(F)(F)F)c1C(F)(F)F. The Morgan fingerprint density at radius 1 is 0.632 bits per heavy atom. The van der Waals surface area contributed by atoms with Gasteiger partial charge in [0, 0.05) is 0 Å². The molecule has 0 bridgehead atoms. The molecule has 0 radical (unpaired) electrons. The van der Waals surface area contributed by atoms with E-state index in [9.17, 15) is 39.5 Å². The molecule has 0 heterocycles. The van der Waals surface area contributed by atoms with Crippen molar-refractivity contribution in [3.05, 3.63) is 28.8 Å². The molecule has 1 aromatic carbocycles. The average molecular weight is 298 g/mol. The zero-order valence-corrected chi connectivity index (χ0v) is 8.50. The van der Waals surface area contributed by atoms with E-state index >= 15 is 0 Å². The first-order chi connectivity index (χ1) is 8.26. The number of benzene rings is 1. The molecule has 0 atom stereocenters. The first kappa shape index (κ1) is 15.4. The standard InChI is InChI=1S/C9H3F9O/c10-7(11,12)3-1-2-4(19)6(9(16,17)18)5(3)8(13,14)15/h1-2,19H. The fraction of sp³-hybridized carbons (Fsp3) is 0.333. The summed E-state index contributed by atoms with van der Waals surface area (Å²) in [5, 5.41) is 8.79. The Morgan fingerprint density at radius 2 is 1.05 bits per heavy atom. The van der Waals surface area contributed by atoms with Gasteiger partial charge in [-0.3, -0.25) is 0 Å². The van der Waals surface area contributed by atoms with Gasteiger partial charge in [-0.05, 0) is 12.1 Å². The van der Waals surface area contributed by atoms with Crippen LogP contribution >= 0.6 is 0 Å². The van der Waals surface area contributed by atoms with Crippen LogP contribution in [0.5, 0.6) is 5.75 Å². The highest BCUT2D eigenvalue weighted by Gasteiger charge is 2.51. The van der Waals surface area contributed by atoms with Gasteiger partial charge >= 0.3 is 18.5 Å². The van der Waals surface area contributed by atoms with Crippen LogP contribution in [0.1, 0.15) is 16.7 Å². The van der Waals surface area contributed by atoms with Gasteiger partial charge in [0.15, 0.2) is 0 Å². The molecule has 19 heavy (non-hydrogen) atoms. The van der Waals surface area contributed by atoms with Gasteiger partial charge in [0.2, 0.25) is 0 Å². The molecule has 0 fully saturated rings. The predicted molar refractivity (Wildman–Crippen MR) is 43.1 cm³/mol. The Labute approximate surface area is 98.8 Å². The van der Waals surface area contributed by atoms with Crippen molar-refractivity contribution in [1.29, 1.82) is 0 Å². The Morgan fingerprint density at radius 3 is 1.37 bits per heavy atom.